The standard InChI is InChI=1S/C13H11FN4/c1-8-11(7-15)12(18-13(16)17-8)6-9-2-4-10(14)5-3-9/h2-5H,6H2,1H3,(H2,16,17,18). The summed E-state index contributed by atoms with van der Waals surface area (Å²) in [5.41, 5.74) is 7.98. The van der Waals surface area contributed by atoms with Gasteiger partial charge < -0.3 is 5.73 Å². The molecule has 5 heteroatoms. The zero-order chi connectivity index (χ0) is 13.1. The molecule has 90 valence electrons. The summed E-state index contributed by atoms with van der Waals surface area (Å²) >= 11 is 0. The van der Waals surface area contributed by atoms with Crippen LogP contribution in [0.2, 0.25) is 0 Å². The Bertz CT molecular complexity index is 614. The Morgan fingerprint density at radius 1 is 1.28 bits per heavy atom. The van der Waals surface area contributed by atoms with Crippen LogP contribution in [0.25, 0.3) is 0 Å². The van der Waals surface area contributed by atoms with Crippen molar-refractivity contribution in [2.45, 2.75) is 13.3 Å². The van der Waals surface area contributed by atoms with E-state index in [-0.39, 0.29) is 11.8 Å². The van der Waals surface area contributed by atoms with Gasteiger partial charge in [-0.05, 0) is 24.6 Å². The number of hydrogen-bond acceptors (Lipinski definition) is 4. The molecule has 4 nitrogen and oxygen atoms in total. The Hall–Kier alpha value is -2.48. The van der Waals surface area contributed by atoms with Gasteiger partial charge in [0.05, 0.1) is 17.0 Å². The minimum Gasteiger partial charge on any atom is -0.368 e. The second kappa shape index (κ2) is 4.80. The number of halogens is 1. The maximum atomic E-state index is 12.8. The Morgan fingerprint density at radius 3 is 2.56 bits per heavy atom. The molecule has 0 saturated carbocycles. The lowest BCUT2D eigenvalue weighted by atomic mass is 10.0. The van der Waals surface area contributed by atoms with Gasteiger partial charge in [-0.25, -0.2) is 14.4 Å². The van der Waals surface area contributed by atoms with Crippen molar-refractivity contribution < 1.29 is 4.39 Å². The summed E-state index contributed by atoms with van der Waals surface area (Å²) in [5.74, 6) is -0.152. The highest BCUT2D eigenvalue weighted by atomic mass is 19.1. The molecule has 0 amide bonds. The monoisotopic (exact) mass is 242 g/mol. The molecule has 0 bridgehead atoms. The maximum Gasteiger partial charge on any atom is 0.220 e. The van der Waals surface area contributed by atoms with E-state index in [0.717, 1.165) is 5.56 Å². The molecule has 0 aliphatic rings. The van der Waals surface area contributed by atoms with E-state index in [1.807, 2.05) is 0 Å². The average molecular weight is 242 g/mol. The number of nitriles is 1. The lowest BCUT2D eigenvalue weighted by molar-refractivity contribution is 0.627. The fraction of sp³-hybridized carbons (Fsp3) is 0.154. The first-order valence-corrected chi connectivity index (χ1v) is 5.37. The van der Waals surface area contributed by atoms with Crippen molar-refractivity contribution in [1.82, 2.24) is 9.97 Å². The Morgan fingerprint density at radius 2 is 1.94 bits per heavy atom. The average Bonchev–Trinajstić information content (AvgIpc) is 2.32. The number of aryl methyl sites for hydroxylation is 1. The molecule has 0 radical (unpaired) electrons. The van der Waals surface area contributed by atoms with E-state index in [9.17, 15) is 4.39 Å². The molecule has 0 atom stereocenters. The summed E-state index contributed by atoms with van der Waals surface area (Å²) in [6.45, 7) is 1.71. The number of benzene rings is 1. The molecule has 18 heavy (non-hydrogen) atoms. The van der Waals surface area contributed by atoms with Gasteiger partial charge in [0, 0.05) is 6.42 Å². The third kappa shape index (κ3) is 2.43. The van der Waals surface area contributed by atoms with Gasteiger partial charge in [-0.3, -0.25) is 0 Å². The topological polar surface area (TPSA) is 75.6 Å². The molecule has 0 fully saturated rings. The van der Waals surface area contributed by atoms with Crippen LogP contribution in [0.5, 0.6) is 0 Å². The van der Waals surface area contributed by atoms with Crippen LogP contribution in [0.4, 0.5) is 10.3 Å². The second-order valence-corrected chi connectivity index (χ2v) is 3.90. The van der Waals surface area contributed by atoms with Crippen molar-refractivity contribution in [3.05, 3.63) is 52.6 Å². The number of aromatic nitrogens is 2. The van der Waals surface area contributed by atoms with Crippen LogP contribution in [0.15, 0.2) is 24.3 Å². The summed E-state index contributed by atoms with van der Waals surface area (Å²) in [7, 11) is 0. The molecule has 1 aromatic carbocycles. The minimum absolute atomic E-state index is 0.142. The van der Waals surface area contributed by atoms with E-state index in [2.05, 4.69) is 16.0 Å². The summed E-state index contributed by atoms with van der Waals surface area (Å²) in [5, 5.41) is 9.08. The Labute approximate surface area is 104 Å². The quantitative estimate of drug-likeness (QED) is 0.873. The zero-order valence-electron chi connectivity index (χ0n) is 9.81. The first kappa shape index (κ1) is 12.0. The maximum absolute atomic E-state index is 12.8. The SMILES string of the molecule is Cc1nc(N)nc(Cc2ccc(F)cc2)c1C#N. The molecule has 2 rings (SSSR count). The van der Waals surface area contributed by atoms with Crippen molar-refractivity contribution in [1.29, 1.82) is 5.26 Å². The van der Waals surface area contributed by atoms with Crippen molar-refractivity contribution in [2.24, 2.45) is 0 Å². The minimum atomic E-state index is -0.294. The van der Waals surface area contributed by atoms with Crippen LogP contribution < -0.4 is 5.73 Å². The highest BCUT2D eigenvalue weighted by Gasteiger charge is 2.10. The van der Waals surface area contributed by atoms with Gasteiger partial charge in [0.15, 0.2) is 0 Å². The molecule has 0 aliphatic carbocycles. The Balaban J connectivity index is 2.40. The second-order valence-electron chi connectivity index (χ2n) is 3.90. The number of anilines is 1. The molecule has 1 aromatic heterocycles. The molecule has 0 aliphatic heterocycles. The van der Waals surface area contributed by atoms with Crippen molar-refractivity contribution in [3.63, 3.8) is 0 Å². The van der Waals surface area contributed by atoms with Gasteiger partial charge in [0.25, 0.3) is 0 Å². The number of rotatable bonds is 2. The highest BCUT2D eigenvalue weighted by Crippen LogP contribution is 2.15. The third-order valence-electron chi connectivity index (χ3n) is 2.58. The van der Waals surface area contributed by atoms with Gasteiger partial charge in [-0.1, -0.05) is 12.1 Å². The van der Waals surface area contributed by atoms with Crippen LogP contribution in [0, 0.1) is 24.1 Å². The normalized spacial score (nSPS) is 10.1. The van der Waals surface area contributed by atoms with Crippen molar-refractivity contribution in [2.75, 3.05) is 5.73 Å². The molecule has 0 saturated heterocycles. The van der Waals surface area contributed by atoms with E-state index in [1.165, 1.54) is 12.1 Å². The van der Waals surface area contributed by atoms with E-state index in [0.29, 0.717) is 23.4 Å². The van der Waals surface area contributed by atoms with Crippen LogP contribution in [0.3, 0.4) is 0 Å². The molecular weight excluding hydrogens is 231 g/mol. The predicted octanol–water partition coefficient (Wildman–Crippen LogP) is 1.97. The number of nitrogens with zero attached hydrogens (tertiary/aromatic N) is 3. The van der Waals surface area contributed by atoms with Crippen LogP contribution in [-0.4, -0.2) is 9.97 Å². The lowest BCUT2D eigenvalue weighted by Crippen LogP contribution is -2.06. The molecule has 1 heterocycles. The fourth-order valence-electron chi connectivity index (χ4n) is 1.72. The van der Waals surface area contributed by atoms with Gasteiger partial charge in [0.1, 0.15) is 11.9 Å². The largest absolute Gasteiger partial charge is 0.368 e. The molecule has 2 aromatic rings. The van der Waals surface area contributed by atoms with E-state index < -0.39 is 0 Å². The first-order valence-electron chi connectivity index (χ1n) is 5.37. The summed E-state index contributed by atoms with van der Waals surface area (Å²) in [6.07, 6.45) is 0.427. The highest BCUT2D eigenvalue weighted by molar-refractivity contribution is 5.42. The molecular formula is C13H11FN4. The molecule has 0 spiro atoms. The van der Waals surface area contributed by atoms with Crippen molar-refractivity contribution in [3.8, 4) is 6.07 Å². The number of nitrogen functional groups attached to an aromatic ring is 1. The number of nitrogens with two attached hydrogens (primary N) is 1. The zero-order valence-corrected chi connectivity index (χ0v) is 9.81. The Kier molecular flexibility index (Phi) is 3.20. The van der Waals surface area contributed by atoms with Crippen LogP contribution >= 0.6 is 0 Å². The summed E-state index contributed by atoms with van der Waals surface area (Å²) in [6, 6.07) is 8.13. The van der Waals surface area contributed by atoms with Crippen LogP contribution in [-0.2, 0) is 6.42 Å². The predicted molar refractivity (Wildman–Crippen MR) is 65.1 cm³/mol. The van der Waals surface area contributed by atoms with E-state index in [1.54, 1.807) is 19.1 Å². The summed E-state index contributed by atoms with van der Waals surface area (Å²) in [4.78, 5) is 8.02. The van der Waals surface area contributed by atoms with E-state index in [4.69, 9.17) is 11.0 Å². The fourth-order valence-corrected chi connectivity index (χ4v) is 1.72. The van der Waals surface area contributed by atoms with Gasteiger partial charge in [-0.2, -0.15) is 5.26 Å². The third-order valence-corrected chi connectivity index (χ3v) is 2.58. The van der Waals surface area contributed by atoms with Gasteiger partial charge >= 0.3 is 0 Å². The lowest BCUT2D eigenvalue weighted by Gasteiger charge is -2.06. The number of hydrogen-bond donors (Lipinski definition) is 1. The summed E-state index contributed by atoms with van der Waals surface area (Å²) < 4.78 is 12.8. The van der Waals surface area contributed by atoms with Crippen molar-refractivity contribution >= 4 is 5.95 Å². The van der Waals surface area contributed by atoms with E-state index >= 15 is 0 Å². The smallest absolute Gasteiger partial charge is 0.220 e. The van der Waals surface area contributed by atoms with Gasteiger partial charge in [0.2, 0.25) is 5.95 Å². The van der Waals surface area contributed by atoms with Gasteiger partial charge in [-0.15, -0.1) is 0 Å². The molecule has 2 N–H and O–H groups in total. The van der Waals surface area contributed by atoms with Crippen LogP contribution in [0.1, 0.15) is 22.5 Å². The molecule has 0 unspecified atom stereocenters. The first-order chi connectivity index (χ1) is 8.60.